The number of nitrogens with zero attached hydrogens (tertiary/aromatic N) is 2. The summed E-state index contributed by atoms with van der Waals surface area (Å²) in [6.07, 6.45) is 4.90. The van der Waals surface area contributed by atoms with Gasteiger partial charge >= 0.3 is 5.97 Å². The summed E-state index contributed by atoms with van der Waals surface area (Å²) in [5.41, 5.74) is 1.91. The summed E-state index contributed by atoms with van der Waals surface area (Å²) in [4.78, 5) is 19.9. The van der Waals surface area contributed by atoms with E-state index in [0.717, 1.165) is 19.5 Å². The first-order chi connectivity index (χ1) is 10.8. The Morgan fingerprint density at radius 2 is 2.32 bits per heavy atom. The lowest BCUT2D eigenvalue weighted by Gasteiger charge is -2.28. The number of pyridine rings is 1. The molecule has 0 aromatic carbocycles. The van der Waals surface area contributed by atoms with Gasteiger partial charge in [-0.05, 0) is 42.5 Å². The molecule has 0 unspecified atom stereocenters. The van der Waals surface area contributed by atoms with Crippen LogP contribution in [-0.2, 0) is 4.74 Å². The number of anilines is 1. The fourth-order valence-electron chi connectivity index (χ4n) is 2.56. The van der Waals surface area contributed by atoms with Crippen molar-refractivity contribution in [1.82, 2.24) is 4.98 Å². The van der Waals surface area contributed by atoms with Crippen LogP contribution in [-0.4, -0.2) is 30.6 Å². The van der Waals surface area contributed by atoms with Crippen molar-refractivity contribution in [3.8, 4) is 0 Å². The Hall–Kier alpha value is -2.14. The van der Waals surface area contributed by atoms with Crippen LogP contribution in [0.2, 0.25) is 0 Å². The van der Waals surface area contributed by atoms with E-state index in [-0.39, 0.29) is 5.97 Å². The van der Waals surface area contributed by atoms with Gasteiger partial charge in [0.05, 0.1) is 6.61 Å². The molecule has 1 aliphatic rings. The van der Waals surface area contributed by atoms with Gasteiger partial charge in [0.25, 0.3) is 0 Å². The smallest absolute Gasteiger partial charge is 0.341 e. The molecule has 5 heteroatoms. The van der Waals surface area contributed by atoms with Gasteiger partial charge in [-0.2, -0.15) is 0 Å². The molecule has 0 bridgehead atoms. The number of aromatic nitrogens is 1. The van der Waals surface area contributed by atoms with E-state index < -0.39 is 0 Å². The molecule has 2 aromatic heterocycles. The maximum absolute atomic E-state index is 12.1. The number of esters is 1. The average Bonchev–Trinajstić information content (AvgIpc) is 3.10. The molecule has 0 spiro atoms. The Morgan fingerprint density at radius 3 is 3.00 bits per heavy atom. The summed E-state index contributed by atoms with van der Waals surface area (Å²) in [7, 11) is 0. The molecule has 0 aliphatic carbocycles. The molecule has 114 valence electrons. The van der Waals surface area contributed by atoms with Gasteiger partial charge in [0.15, 0.2) is 0 Å². The van der Waals surface area contributed by atoms with Gasteiger partial charge in [0.1, 0.15) is 11.4 Å². The number of carbonyl (C=O) groups excluding carboxylic acids is 1. The minimum atomic E-state index is -0.307. The number of ether oxygens (including phenoxy) is 1. The standard InChI is InChI=1S/C17H18N2O2S/c1-2-21-17(20)14-5-3-9-18-16(14)19-10-7-13(8-11-19)15-6-4-12-22-15/h3-7,9,12H,2,8,10-11H2,1H3. The molecule has 22 heavy (non-hydrogen) atoms. The lowest BCUT2D eigenvalue weighted by Crippen LogP contribution is -2.30. The van der Waals surface area contributed by atoms with Crippen molar-refractivity contribution in [1.29, 1.82) is 0 Å². The van der Waals surface area contributed by atoms with Crippen molar-refractivity contribution < 1.29 is 9.53 Å². The monoisotopic (exact) mass is 314 g/mol. The highest BCUT2D eigenvalue weighted by Crippen LogP contribution is 2.28. The van der Waals surface area contributed by atoms with Gasteiger partial charge in [0, 0.05) is 24.2 Å². The summed E-state index contributed by atoms with van der Waals surface area (Å²) in [6, 6.07) is 7.77. The van der Waals surface area contributed by atoms with Crippen LogP contribution in [0.3, 0.4) is 0 Å². The van der Waals surface area contributed by atoms with Crippen molar-refractivity contribution in [3.05, 3.63) is 52.4 Å². The second kappa shape index (κ2) is 6.75. The zero-order valence-corrected chi connectivity index (χ0v) is 13.3. The first-order valence-electron chi connectivity index (χ1n) is 7.39. The molecule has 0 fully saturated rings. The predicted octanol–water partition coefficient (Wildman–Crippen LogP) is 3.61. The van der Waals surface area contributed by atoms with Gasteiger partial charge in [-0.1, -0.05) is 12.1 Å². The van der Waals surface area contributed by atoms with Crippen molar-refractivity contribution in [2.45, 2.75) is 13.3 Å². The van der Waals surface area contributed by atoms with Crippen LogP contribution in [0.4, 0.5) is 5.82 Å². The van der Waals surface area contributed by atoms with E-state index in [2.05, 4.69) is 33.5 Å². The van der Waals surface area contributed by atoms with E-state index in [4.69, 9.17) is 4.74 Å². The number of thiophene rings is 1. The van der Waals surface area contributed by atoms with E-state index in [0.29, 0.717) is 18.0 Å². The Morgan fingerprint density at radius 1 is 1.41 bits per heavy atom. The van der Waals surface area contributed by atoms with E-state index in [1.165, 1.54) is 10.5 Å². The van der Waals surface area contributed by atoms with Crippen LogP contribution < -0.4 is 4.90 Å². The van der Waals surface area contributed by atoms with Crippen molar-refractivity contribution in [3.63, 3.8) is 0 Å². The van der Waals surface area contributed by atoms with Crippen LogP contribution in [0.15, 0.2) is 41.9 Å². The summed E-state index contributed by atoms with van der Waals surface area (Å²) in [5, 5.41) is 2.10. The number of hydrogen-bond acceptors (Lipinski definition) is 5. The molecule has 1 aliphatic heterocycles. The van der Waals surface area contributed by atoms with Crippen LogP contribution >= 0.6 is 11.3 Å². The molecule has 0 saturated carbocycles. The fourth-order valence-corrected chi connectivity index (χ4v) is 3.36. The largest absolute Gasteiger partial charge is 0.462 e. The Balaban J connectivity index is 1.80. The van der Waals surface area contributed by atoms with Crippen LogP contribution in [0, 0.1) is 0 Å². The van der Waals surface area contributed by atoms with Crippen LogP contribution in [0.5, 0.6) is 0 Å². The van der Waals surface area contributed by atoms with Gasteiger partial charge < -0.3 is 9.64 Å². The first kappa shape index (κ1) is 14.8. The molecular formula is C17H18N2O2S. The molecule has 0 amide bonds. The molecule has 4 nitrogen and oxygen atoms in total. The third-order valence-corrected chi connectivity index (χ3v) is 4.57. The fraction of sp³-hybridized carbons (Fsp3) is 0.294. The van der Waals surface area contributed by atoms with Gasteiger partial charge in [-0.25, -0.2) is 9.78 Å². The van der Waals surface area contributed by atoms with Crippen LogP contribution in [0.1, 0.15) is 28.6 Å². The molecular weight excluding hydrogens is 296 g/mol. The second-order valence-corrected chi connectivity index (χ2v) is 5.95. The molecule has 0 saturated heterocycles. The summed E-state index contributed by atoms with van der Waals surface area (Å²) >= 11 is 1.76. The highest BCUT2D eigenvalue weighted by Gasteiger charge is 2.21. The Bertz CT molecular complexity index is 680. The van der Waals surface area contributed by atoms with Crippen molar-refractivity contribution in [2.75, 3.05) is 24.6 Å². The van der Waals surface area contributed by atoms with Gasteiger partial charge in [-0.3, -0.25) is 0 Å². The third kappa shape index (κ3) is 3.04. The van der Waals surface area contributed by atoms with Crippen molar-refractivity contribution >= 4 is 28.7 Å². The average molecular weight is 314 g/mol. The first-order valence-corrected chi connectivity index (χ1v) is 8.27. The summed E-state index contributed by atoms with van der Waals surface area (Å²) in [6.45, 7) is 3.80. The van der Waals surface area contributed by atoms with Crippen LogP contribution in [0.25, 0.3) is 5.57 Å². The van der Waals surface area contributed by atoms with Gasteiger partial charge in [-0.15, -0.1) is 11.3 Å². The molecule has 2 aromatic rings. The zero-order valence-electron chi connectivity index (χ0n) is 12.5. The number of carbonyl (C=O) groups is 1. The lowest BCUT2D eigenvalue weighted by molar-refractivity contribution is 0.0526. The molecule has 0 N–H and O–H groups in total. The predicted molar refractivity (Wildman–Crippen MR) is 89.3 cm³/mol. The minimum absolute atomic E-state index is 0.307. The lowest BCUT2D eigenvalue weighted by atomic mass is 10.1. The molecule has 3 heterocycles. The minimum Gasteiger partial charge on any atom is -0.462 e. The molecule has 0 radical (unpaired) electrons. The molecule has 3 rings (SSSR count). The van der Waals surface area contributed by atoms with E-state index in [1.54, 1.807) is 29.7 Å². The van der Waals surface area contributed by atoms with Crippen molar-refractivity contribution in [2.24, 2.45) is 0 Å². The zero-order chi connectivity index (χ0) is 15.4. The highest BCUT2D eigenvalue weighted by atomic mass is 32.1. The Kier molecular flexibility index (Phi) is 4.53. The Labute approximate surface area is 134 Å². The number of hydrogen-bond donors (Lipinski definition) is 0. The second-order valence-electron chi connectivity index (χ2n) is 5.00. The molecule has 0 atom stereocenters. The van der Waals surface area contributed by atoms with E-state index in [1.807, 2.05) is 6.92 Å². The maximum atomic E-state index is 12.1. The topological polar surface area (TPSA) is 42.4 Å². The number of rotatable bonds is 4. The summed E-state index contributed by atoms with van der Waals surface area (Å²) in [5.74, 6) is 0.404. The SMILES string of the molecule is CCOC(=O)c1cccnc1N1CC=C(c2cccs2)CC1. The normalized spacial score (nSPS) is 14.6. The quantitative estimate of drug-likeness (QED) is 0.809. The van der Waals surface area contributed by atoms with Gasteiger partial charge in [0.2, 0.25) is 0 Å². The highest BCUT2D eigenvalue weighted by molar-refractivity contribution is 7.11. The third-order valence-electron chi connectivity index (χ3n) is 3.63. The van der Waals surface area contributed by atoms with E-state index >= 15 is 0 Å². The summed E-state index contributed by atoms with van der Waals surface area (Å²) < 4.78 is 5.12. The van der Waals surface area contributed by atoms with E-state index in [9.17, 15) is 4.79 Å². The maximum Gasteiger partial charge on any atom is 0.341 e.